The highest BCUT2D eigenvalue weighted by Gasteiger charge is 2.56. The molecule has 2 N–H and O–H groups in total. The summed E-state index contributed by atoms with van der Waals surface area (Å²) in [6, 6.07) is 18.1. The molecular weight excluding hydrogens is 264 g/mol. The van der Waals surface area contributed by atoms with E-state index in [1.54, 1.807) is 11.3 Å². The fraction of sp³-hybridized carbons (Fsp3) is 0.0588. The van der Waals surface area contributed by atoms with Gasteiger partial charge in [0.05, 0.1) is 0 Å². The normalized spacial score (nSPS) is 22.5. The Kier molecular flexibility index (Phi) is 2.60. The molecule has 4 heteroatoms. The van der Waals surface area contributed by atoms with Crippen LogP contribution in [-0.2, 0) is 4.84 Å². The van der Waals surface area contributed by atoms with Crippen LogP contribution in [0.5, 0.6) is 5.75 Å². The lowest BCUT2D eigenvalue weighted by Crippen LogP contribution is -2.34. The van der Waals surface area contributed by atoms with Gasteiger partial charge in [-0.1, -0.05) is 42.5 Å². The van der Waals surface area contributed by atoms with Gasteiger partial charge >= 0.3 is 5.85 Å². The average Bonchev–Trinajstić information content (AvgIpc) is 3.22. The van der Waals surface area contributed by atoms with Crippen molar-refractivity contribution in [1.29, 1.82) is 0 Å². The van der Waals surface area contributed by atoms with Crippen LogP contribution in [0.25, 0.3) is 11.1 Å². The number of fused-ring (bicyclic) bond motifs is 1. The third kappa shape index (κ3) is 2.11. The lowest BCUT2D eigenvalue weighted by molar-refractivity contribution is 0.228. The predicted octanol–water partition coefficient (Wildman–Crippen LogP) is 3.00. The van der Waals surface area contributed by atoms with Crippen LogP contribution in [0.1, 0.15) is 0 Å². The van der Waals surface area contributed by atoms with E-state index in [0.29, 0.717) is 5.76 Å². The first kappa shape index (κ1) is 12.2. The highest BCUT2D eigenvalue weighted by Crippen LogP contribution is 2.40. The zero-order valence-electron chi connectivity index (χ0n) is 11.3. The van der Waals surface area contributed by atoms with Crippen molar-refractivity contribution in [1.82, 2.24) is 5.06 Å². The maximum Gasteiger partial charge on any atom is 0.301 e. The molecule has 0 radical (unpaired) electrons. The number of ether oxygens (including phenoxy) is 1. The van der Waals surface area contributed by atoms with Gasteiger partial charge in [0.25, 0.3) is 0 Å². The summed E-state index contributed by atoms with van der Waals surface area (Å²) < 4.78 is 5.82. The van der Waals surface area contributed by atoms with Crippen LogP contribution < -0.4 is 10.5 Å². The SMILES string of the molecule is NC12ON1C=CC=C2Oc1ccc(-c2ccccc2)cc1. The monoisotopic (exact) mass is 278 g/mol. The molecule has 1 saturated heterocycles. The van der Waals surface area contributed by atoms with Crippen molar-refractivity contribution >= 4 is 0 Å². The molecule has 1 fully saturated rings. The van der Waals surface area contributed by atoms with E-state index in [0.717, 1.165) is 11.3 Å². The van der Waals surface area contributed by atoms with Crippen molar-refractivity contribution in [3.8, 4) is 16.9 Å². The molecule has 4 rings (SSSR count). The Labute approximate surface area is 122 Å². The fourth-order valence-corrected chi connectivity index (χ4v) is 2.33. The lowest BCUT2D eigenvalue weighted by Gasteiger charge is -2.14. The number of benzene rings is 2. The van der Waals surface area contributed by atoms with Crippen molar-refractivity contribution in [3.05, 3.63) is 78.7 Å². The van der Waals surface area contributed by atoms with Crippen LogP contribution in [0.4, 0.5) is 0 Å². The highest BCUT2D eigenvalue weighted by molar-refractivity contribution is 5.63. The van der Waals surface area contributed by atoms with E-state index in [1.165, 1.54) is 5.56 Å². The lowest BCUT2D eigenvalue weighted by atomic mass is 10.1. The Hall–Kier alpha value is -2.56. The molecule has 0 aromatic heterocycles. The van der Waals surface area contributed by atoms with Gasteiger partial charge in [0.2, 0.25) is 0 Å². The number of hydrogen-bond donors (Lipinski definition) is 1. The summed E-state index contributed by atoms with van der Waals surface area (Å²) in [6.07, 6.45) is 5.42. The van der Waals surface area contributed by atoms with Crippen LogP contribution in [0.2, 0.25) is 0 Å². The summed E-state index contributed by atoms with van der Waals surface area (Å²) in [4.78, 5) is 5.27. The molecule has 2 aromatic rings. The van der Waals surface area contributed by atoms with Gasteiger partial charge in [-0.2, -0.15) is 0 Å². The summed E-state index contributed by atoms with van der Waals surface area (Å²) in [5, 5.41) is 1.56. The van der Waals surface area contributed by atoms with E-state index in [4.69, 9.17) is 15.3 Å². The van der Waals surface area contributed by atoms with E-state index >= 15 is 0 Å². The van der Waals surface area contributed by atoms with Gasteiger partial charge in [-0.05, 0) is 35.4 Å². The molecule has 0 spiro atoms. The fourth-order valence-electron chi connectivity index (χ4n) is 2.33. The van der Waals surface area contributed by atoms with Gasteiger partial charge in [0.15, 0.2) is 5.76 Å². The summed E-state index contributed by atoms with van der Waals surface area (Å²) >= 11 is 0. The molecule has 0 amide bonds. The van der Waals surface area contributed by atoms with Crippen LogP contribution in [0.3, 0.4) is 0 Å². The van der Waals surface area contributed by atoms with Gasteiger partial charge < -0.3 is 4.74 Å². The smallest absolute Gasteiger partial charge is 0.301 e. The van der Waals surface area contributed by atoms with Crippen molar-refractivity contribution in [3.63, 3.8) is 0 Å². The quantitative estimate of drug-likeness (QED) is 0.877. The van der Waals surface area contributed by atoms with Gasteiger partial charge in [-0.3, -0.25) is 5.73 Å². The third-order valence-corrected chi connectivity index (χ3v) is 3.54. The molecule has 2 aliphatic rings. The second-order valence-electron chi connectivity index (χ2n) is 4.98. The highest BCUT2D eigenvalue weighted by atomic mass is 16.9. The molecule has 2 aromatic carbocycles. The average molecular weight is 278 g/mol. The number of hydroxylamine groups is 2. The van der Waals surface area contributed by atoms with E-state index < -0.39 is 5.85 Å². The van der Waals surface area contributed by atoms with E-state index in [2.05, 4.69) is 12.1 Å². The number of allylic oxidation sites excluding steroid dienone is 2. The van der Waals surface area contributed by atoms with Crippen LogP contribution in [0, 0.1) is 0 Å². The maximum atomic E-state index is 6.02. The Balaban J connectivity index is 1.55. The molecule has 104 valence electrons. The molecule has 2 heterocycles. The zero-order valence-corrected chi connectivity index (χ0v) is 11.3. The minimum absolute atomic E-state index is 0.581. The second kappa shape index (κ2) is 4.48. The van der Waals surface area contributed by atoms with Crippen molar-refractivity contribution in [2.24, 2.45) is 5.73 Å². The molecule has 2 aliphatic heterocycles. The Morgan fingerprint density at radius 1 is 0.952 bits per heavy atom. The molecule has 21 heavy (non-hydrogen) atoms. The van der Waals surface area contributed by atoms with Crippen molar-refractivity contribution < 1.29 is 9.57 Å². The van der Waals surface area contributed by atoms with Crippen LogP contribution >= 0.6 is 0 Å². The number of nitrogens with zero attached hydrogens (tertiary/aromatic N) is 1. The Morgan fingerprint density at radius 2 is 1.67 bits per heavy atom. The van der Waals surface area contributed by atoms with E-state index in [1.807, 2.05) is 54.6 Å². The molecule has 4 nitrogen and oxygen atoms in total. The van der Waals surface area contributed by atoms with E-state index in [-0.39, 0.29) is 0 Å². The summed E-state index contributed by atoms with van der Waals surface area (Å²) in [5.74, 6) is 0.376. The summed E-state index contributed by atoms with van der Waals surface area (Å²) in [7, 11) is 0. The van der Waals surface area contributed by atoms with Crippen LogP contribution in [0.15, 0.2) is 78.7 Å². The standard InChI is InChI=1S/C17H14N2O2/c18-17-16(7-4-12-19(17)21-17)20-15-10-8-14(9-11-15)13-5-2-1-3-6-13/h1-12H,18H2. The number of nitrogens with two attached hydrogens (primary N) is 1. The minimum Gasteiger partial charge on any atom is -0.455 e. The van der Waals surface area contributed by atoms with Crippen molar-refractivity contribution in [2.75, 3.05) is 0 Å². The first-order chi connectivity index (χ1) is 10.3. The zero-order chi connectivity index (χ0) is 14.3. The Bertz CT molecular complexity index is 722. The van der Waals surface area contributed by atoms with Gasteiger partial charge in [0, 0.05) is 6.20 Å². The summed E-state index contributed by atoms with van der Waals surface area (Å²) in [6.45, 7) is 0. The Morgan fingerprint density at radius 3 is 2.43 bits per heavy atom. The first-order valence-corrected chi connectivity index (χ1v) is 6.75. The van der Waals surface area contributed by atoms with Crippen LogP contribution in [-0.4, -0.2) is 10.9 Å². The van der Waals surface area contributed by atoms with Gasteiger partial charge in [-0.15, -0.1) is 0 Å². The molecule has 0 bridgehead atoms. The first-order valence-electron chi connectivity index (χ1n) is 6.75. The molecular formula is C17H14N2O2. The number of hydrogen-bond acceptors (Lipinski definition) is 4. The third-order valence-electron chi connectivity index (χ3n) is 3.54. The molecule has 0 aliphatic carbocycles. The molecule has 0 saturated carbocycles. The van der Waals surface area contributed by atoms with E-state index in [9.17, 15) is 0 Å². The minimum atomic E-state index is -0.938. The maximum absolute atomic E-state index is 6.02. The second-order valence-corrected chi connectivity index (χ2v) is 4.98. The van der Waals surface area contributed by atoms with Gasteiger partial charge in [0.1, 0.15) is 5.75 Å². The summed E-state index contributed by atoms with van der Waals surface area (Å²) in [5.41, 5.74) is 8.35. The molecule has 1 unspecified atom stereocenters. The topological polar surface area (TPSA) is 50.8 Å². The largest absolute Gasteiger partial charge is 0.455 e. The molecule has 1 atom stereocenters. The number of rotatable bonds is 3. The van der Waals surface area contributed by atoms with Crippen molar-refractivity contribution in [2.45, 2.75) is 5.85 Å². The van der Waals surface area contributed by atoms with Gasteiger partial charge in [-0.25, -0.2) is 9.90 Å². The predicted molar refractivity (Wildman–Crippen MR) is 79.6 cm³/mol.